The van der Waals surface area contributed by atoms with Crippen LogP contribution in [0.5, 0.6) is 0 Å². The molecule has 0 bridgehead atoms. The second kappa shape index (κ2) is 4.58. The average Bonchev–Trinajstić information content (AvgIpc) is 2.22. The van der Waals surface area contributed by atoms with Crippen molar-refractivity contribution in [2.24, 2.45) is 0 Å². The molecule has 16 heavy (non-hydrogen) atoms. The van der Waals surface area contributed by atoms with Gasteiger partial charge in [0.2, 0.25) is 0 Å². The van der Waals surface area contributed by atoms with Crippen molar-refractivity contribution in [3.8, 4) is 0 Å². The standard InChI is InChI=1S/C11H12INO3/c12-7-3-1-2-6-4-5-8(13-11(15)16)10(14)9(6)7/h1-3,8,10,13-14H,4-5H2,(H,15,16)/t8-,10-/m1/s1. The Morgan fingerprint density at radius 3 is 2.94 bits per heavy atom. The predicted molar refractivity (Wildman–Crippen MR) is 67.4 cm³/mol. The molecule has 3 N–H and O–H groups in total. The second-order valence-corrected chi connectivity index (χ2v) is 5.01. The summed E-state index contributed by atoms with van der Waals surface area (Å²) in [5, 5.41) is 21.2. The normalized spacial score (nSPS) is 23.6. The van der Waals surface area contributed by atoms with Crippen molar-refractivity contribution in [1.82, 2.24) is 5.32 Å². The molecule has 0 saturated carbocycles. The van der Waals surface area contributed by atoms with E-state index < -0.39 is 18.2 Å². The molecule has 86 valence electrons. The maximum atomic E-state index is 10.6. The second-order valence-electron chi connectivity index (χ2n) is 3.85. The number of nitrogens with one attached hydrogen (secondary N) is 1. The number of aliphatic hydroxyl groups is 1. The van der Waals surface area contributed by atoms with Gasteiger partial charge in [-0.1, -0.05) is 12.1 Å². The SMILES string of the molecule is O=C(O)N[C@@H]1CCc2cccc(I)c2[C@@H]1O. The summed E-state index contributed by atoms with van der Waals surface area (Å²) >= 11 is 2.17. The molecule has 4 nitrogen and oxygen atoms in total. The Labute approximate surface area is 107 Å². The minimum Gasteiger partial charge on any atom is -0.465 e. The molecule has 5 heteroatoms. The summed E-state index contributed by atoms with van der Waals surface area (Å²) in [5.41, 5.74) is 1.98. The van der Waals surface area contributed by atoms with E-state index in [1.54, 1.807) is 0 Å². The highest BCUT2D eigenvalue weighted by atomic mass is 127. The summed E-state index contributed by atoms with van der Waals surface area (Å²) < 4.78 is 0.986. The van der Waals surface area contributed by atoms with E-state index in [1.807, 2.05) is 18.2 Å². The van der Waals surface area contributed by atoms with Gasteiger partial charge in [0, 0.05) is 3.57 Å². The van der Waals surface area contributed by atoms with Crippen molar-refractivity contribution < 1.29 is 15.0 Å². The quantitative estimate of drug-likeness (QED) is 0.688. The fraction of sp³-hybridized carbons (Fsp3) is 0.364. The molecule has 0 aromatic heterocycles. The van der Waals surface area contributed by atoms with Crippen molar-refractivity contribution in [2.75, 3.05) is 0 Å². The van der Waals surface area contributed by atoms with Crippen molar-refractivity contribution in [3.05, 3.63) is 32.9 Å². The van der Waals surface area contributed by atoms with Gasteiger partial charge in [0.1, 0.15) is 6.10 Å². The molecule has 0 fully saturated rings. The van der Waals surface area contributed by atoms with Gasteiger partial charge in [0.05, 0.1) is 6.04 Å². The Hall–Kier alpha value is -0.820. The number of hydrogen-bond donors (Lipinski definition) is 3. The van der Waals surface area contributed by atoms with Gasteiger partial charge in [0.25, 0.3) is 0 Å². The van der Waals surface area contributed by atoms with Gasteiger partial charge >= 0.3 is 6.09 Å². The highest BCUT2D eigenvalue weighted by Gasteiger charge is 2.30. The molecule has 0 aliphatic heterocycles. The molecule has 1 aromatic carbocycles. The average molecular weight is 333 g/mol. The minimum atomic E-state index is -1.08. The zero-order chi connectivity index (χ0) is 11.7. The monoisotopic (exact) mass is 333 g/mol. The van der Waals surface area contributed by atoms with Crippen LogP contribution < -0.4 is 5.32 Å². The van der Waals surface area contributed by atoms with E-state index in [0.29, 0.717) is 6.42 Å². The molecule has 0 unspecified atom stereocenters. The molecular weight excluding hydrogens is 321 g/mol. The van der Waals surface area contributed by atoms with Crippen LogP contribution in [-0.2, 0) is 6.42 Å². The molecular formula is C11H12INO3. The van der Waals surface area contributed by atoms with Crippen LogP contribution in [0.25, 0.3) is 0 Å². The maximum Gasteiger partial charge on any atom is 0.404 e. The van der Waals surface area contributed by atoms with E-state index >= 15 is 0 Å². The first-order valence-corrected chi connectivity index (χ1v) is 6.12. The highest BCUT2D eigenvalue weighted by molar-refractivity contribution is 14.1. The summed E-state index contributed by atoms with van der Waals surface area (Å²) in [5.74, 6) is 0. The molecule has 2 atom stereocenters. The van der Waals surface area contributed by atoms with E-state index in [9.17, 15) is 9.90 Å². The molecule has 0 spiro atoms. The number of hydrogen-bond acceptors (Lipinski definition) is 2. The Morgan fingerprint density at radius 2 is 2.25 bits per heavy atom. The molecule has 0 saturated heterocycles. The summed E-state index contributed by atoms with van der Waals surface area (Å²) in [6.45, 7) is 0. The lowest BCUT2D eigenvalue weighted by molar-refractivity contribution is 0.108. The van der Waals surface area contributed by atoms with E-state index in [0.717, 1.165) is 21.1 Å². The van der Waals surface area contributed by atoms with Crippen LogP contribution in [0, 0.1) is 3.57 Å². The molecule has 1 aliphatic carbocycles. The smallest absolute Gasteiger partial charge is 0.404 e. The molecule has 1 aliphatic rings. The number of carbonyl (C=O) groups is 1. The lowest BCUT2D eigenvalue weighted by atomic mass is 9.86. The van der Waals surface area contributed by atoms with E-state index in [-0.39, 0.29) is 0 Å². The van der Waals surface area contributed by atoms with Gasteiger partial charge < -0.3 is 15.5 Å². The minimum absolute atomic E-state index is 0.402. The molecule has 0 heterocycles. The van der Waals surface area contributed by atoms with Gasteiger partial charge in [-0.05, 0) is 52.6 Å². The fourth-order valence-corrected chi connectivity index (χ4v) is 2.98. The van der Waals surface area contributed by atoms with Crippen LogP contribution in [0.3, 0.4) is 0 Å². The third kappa shape index (κ3) is 2.15. The maximum absolute atomic E-state index is 10.6. The van der Waals surface area contributed by atoms with Crippen LogP contribution in [0.2, 0.25) is 0 Å². The van der Waals surface area contributed by atoms with Gasteiger partial charge in [-0.2, -0.15) is 0 Å². The Balaban J connectivity index is 2.30. The fourth-order valence-electron chi connectivity index (χ4n) is 2.11. The van der Waals surface area contributed by atoms with Gasteiger partial charge in [-0.15, -0.1) is 0 Å². The highest BCUT2D eigenvalue weighted by Crippen LogP contribution is 2.33. The number of benzene rings is 1. The van der Waals surface area contributed by atoms with Crippen LogP contribution in [0.15, 0.2) is 18.2 Å². The van der Waals surface area contributed by atoms with Crippen molar-refractivity contribution >= 4 is 28.7 Å². The largest absolute Gasteiger partial charge is 0.465 e. The summed E-state index contributed by atoms with van der Waals surface area (Å²) in [6, 6.07) is 5.46. The van der Waals surface area contributed by atoms with Crippen LogP contribution in [0.1, 0.15) is 23.7 Å². The van der Waals surface area contributed by atoms with Gasteiger partial charge in [-0.25, -0.2) is 4.79 Å². The van der Waals surface area contributed by atoms with Crippen molar-refractivity contribution in [1.29, 1.82) is 0 Å². The van der Waals surface area contributed by atoms with Crippen LogP contribution in [0.4, 0.5) is 4.79 Å². The molecule has 1 aromatic rings. The van der Waals surface area contributed by atoms with Crippen molar-refractivity contribution in [3.63, 3.8) is 0 Å². The Morgan fingerprint density at radius 1 is 1.50 bits per heavy atom. The summed E-state index contributed by atoms with van der Waals surface area (Å²) in [6.07, 6.45) is -0.388. The first-order valence-electron chi connectivity index (χ1n) is 5.04. The number of aryl methyl sites for hydroxylation is 1. The first kappa shape index (κ1) is 11.7. The lowest BCUT2D eigenvalue weighted by Crippen LogP contribution is -2.41. The number of halogens is 1. The third-order valence-electron chi connectivity index (χ3n) is 2.85. The van der Waals surface area contributed by atoms with Crippen molar-refractivity contribution in [2.45, 2.75) is 25.0 Å². The van der Waals surface area contributed by atoms with E-state index in [1.165, 1.54) is 0 Å². The Bertz CT molecular complexity index is 422. The summed E-state index contributed by atoms with van der Waals surface area (Å²) in [4.78, 5) is 10.6. The number of carboxylic acid groups (broad SMARTS) is 1. The number of rotatable bonds is 1. The predicted octanol–water partition coefficient (Wildman–Crippen LogP) is 1.91. The molecule has 0 radical (unpaired) electrons. The Kier molecular flexibility index (Phi) is 3.34. The number of fused-ring (bicyclic) bond motifs is 1. The lowest BCUT2D eigenvalue weighted by Gasteiger charge is -2.30. The third-order valence-corrected chi connectivity index (χ3v) is 3.79. The van der Waals surface area contributed by atoms with E-state index in [4.69, 9.17) is 5.11 Å². The first-order chi connectivity index (χ1) is 7.59. The van der Waals surface area contributed by atoms with E-state index in [2.05, 4.69) is 27.9 Å². The van der Waals surface area contributed by atoms with Crippen LogP contribution in [-0.4, -0.2) is 22.3 Å². The topological polar surface area (TPSA) is 69.6 Å². The zero-order valence-electron chi connectivity index (χ0n) is 8.48. The van der Waals surface area contributed by atoms with Gasteiger partial charge in [-0.3, -0.25) is 0 Å². The molecule has 1 amide bonds. The summed E-state index contributed by atoms with van der Waals surface area (Å²) in [7, 11) is 0. The van der Waals surface area contributed by atoms with Crippen LogP contribution >= 0.6 is 22.6 Å². The number of amides is 1. The zero-order valence-corrected chi connectivity index (χ0v) is 10.6. The van der Waals surface area contributed by atoms with Gasteiger partial charge in [0.15, 0.2) is 0 Å². The number of aliphatic hydroxyl groups excluding tert-OH is 1. The molecule has 2 rings (SSSR count).